The SMILES string of the molecule is C#Cc1cc(-c2c(C)cc(F)cc2C)c(F)c([C@@H](CC(=O)O)NC(=O)[C@H](CC(C)C)n2cc(CCN3C[C@@H]4C[C@H]3CO4)c(C(F)(F)F)cc2=O)c1F. The van der Waals surface area contributed by atoms with E-state index in [4.69, 9.17) is 11.2 Å². The van der Waals surface area contributed by atoms with E-state index < -0.39 is 76.3 Å². The molecule has 2 fully saturated rings. The molecule has 1 aromatic heterocycles. The number of morpholine rings is 1. The summed E-state index contributed by atoms with van der Waals surface area (Å²) >= 11 is 0. The van der Waals surface area contributed by atoms with Gasteiger partial charge in [0.25, 0.3) is 5.56 Å². The third kappa shape index (κ3) is 8.05. The van der Waals surface area contributed by atoms with Gasteiger partial charge in [-0.25, -0.2) is 13.2 Å². The number of fused-ring (bicyclic) bond motifs is 2. The van der Waals surface area contributed by atoms with Crippen LogP contribution in [-0.4, -0.2) is 58.3 Å². The van der Waals surface area contributed by atoms with Crippen LogP contribution in [0.5, 0.6) is 0 Å². The molecule has 2 saturated heterocycles. The van der Waals surface area contributed by atoms with Crippen LogP contribution in [0, 0.1) is 49.6 Å². The molecule has 3 aromatic rings. The molecular weight excluding hydrogens is 692 g/mol. The van der Waals surface area contributed by atoms with Crippen molar-refractivity contribution in [1.29, 1.82) is 0 Å². The van der Waals surface area contributed by atoms with Crippen LogP contribution in [-0.2, 0) is 26.9 Å². The van der Waals surface area contributed by atoms with Crippen LogP contribution in [0.4, 0.5) is 26.3 Å². The fourth-order valence-electron chi connectivity index (χ4n) is 7.36. The van der Waals surface area contributed by atoms with Crippen LogP contribution in [0.15, 0.2) is 35.3 Å². The van der Waals surface area contributed by atoms with Gasteiger partial charge in [0.05, 0.1) is 36.3 Å². The molecule has 52 heavy (non-hydrogen) atoms. The Balaban J connectivity index is 1.57. The van der Waals surface area contributed by atoms with E-state index >= 15 is 8.78 Å². The lowest BCUT2D eigenvalue weighted by atomic mass is 9.89. The number of halogens is 6. The number of aryl methyl sites for hydroxylation is 2. The lowest BCUT2D eigenvalue weighted by Gasteiger charge is -2.28. The predicted octanol–water partition coefficient (Wildman–Crippen LogP) is 6.48. The summed E-state index contributed by atoms with van der Waals surface area (Å²) in [4.78, 5) is 41.5. The molecule has 4 atom stereocenters. The van der Waals surface area contributed by atoms with E-state index in [1.165, 1.54) is 13.8 Å². The first-order valence-electron chi connectivity index (χ1n) is 16.8. The second kappa shape index (κ2) is 15.2. The van der Waals surface area contributed by atoms with Crippen molar-refractivity contribution in [3.8, 4) is 23.5 Å². The minimum Gasteiger partial charge on any atom is -0.481 e. The van der Waals surface area contributed by atoms with Crippen LogP contribution in [0.3, 0.4) is 0 Å². The number of carbonyl (C=O) groups is 2. The zero-order valence-electron chi connectivity index (χ0n) is 29.0. The van der Waals surface area contributed by atoms with Crippen LogP contribution in [0.2, 0.25) is 0 Å². The van der Waals surface area contributed by atoms with Crippen LogP contribution >= 0.6 is 0 Å². The van der Waals surface area contributed by atoms with E-state index in [1.54, 1.807) is 13.8 Å². The number of hydrogen-bond acceptors (Lipinski definition) is 5. The molecule has 2 N–H and O–H groups in total. The Kier molecular flexibility index (Phi) is 11.3. The summed E-state index contributed by atoms with van der Waals surface area (Å²) in [5, 5.41) is 12.2. The summed E-state index contributed by atoms with van der Waals surface area (Å²) in [6, 6.07) is 0.418. The number of nitrogens with one attached hydrogen (secondary N) is 1. The zero-order chi connectivity index (χ0) is 38.2. The van der Waals surface area contributed by atoms with E-state index in [1.807, 2.05) is 4.90 Å². The first kappa shape index (κ1) is 38.6. The molecule has 278 valence electrons. The number of nitrogens with zero attached hydrogens (tertiary/aromatic N) is 2. The smallest absolute Gasteiger partial charge is 0.416 e. The number of terminal acetylenes is 1. The van der Waals surface area contributed by atoms with Crippen molar-refractivity contribution in [1.82, 2.24) is 14.8 Å². The molecular formula is C38H39F6N3O5. The molecule has 0 saturated carbocycles. The fraction of sp³-hybridized carbons (Fsp3) is 0.447. The normalized spacial score (nSPS) is 18.4. The number of amides is 1. The molecule has 0 spiro atoms. The number of pyridine rings is 1. The Labute approximate surface area is 296 Å². The van der Waals surface area contributed by atoms with Crippen molar-refractivity contribution in [3.05, 3.63) is 91.6 Å². The van der Waals surface area contributed by atoms with Gasteiger partial charge >= 0.3 is 12.1 Å². The fourth-order valence-corrected chi connectivity index (χ4v) is 7.36. The summed E-state index contributed by atoms with van der Waals surface area (Å²) in [7, 11) is 0. The molecule has 0 radical (unpaired) electrons. The van der Waals surface area contributed by atoms with E-state index in [2.05, 4.69) is 11.2 Å². The van der Waals surface area contributed by atoms with Crippen LogP contribution < -0.4 is 10.9 Å². The Morgan fingerprint density at radius 3 is 2.31 bits per heavy atom. The molecule has 2 aliphatic rings. The molecule has 2 aromatic carbocycles. The molecule has 0 aliphatic carbocycles. The lowest BCUT2D eigenvalue weighted by Crippen LogP contribution is -2.41. The van der Waals surface area contributed by atoms with E-state index in [-0.39, 0.29) is 65.3 Å². The highest BCUT2D eigenvalue weighted by Crippen LogP contribution is 2.38. The molecule has 2 aliphatic heterocycles. The third-order valence-corrected chi connectivity index (χ3v) is 9.68. The largest absolute Gasteiger partial charge is 0.481 e. The van der Waals surface area contributed by atoms with Crippen molar-refractivity contribution in [2.75, 3.05) is 19.7 Å². The van der Waals surface area contributed by atoms with Gasteiger partial charge in [0.1, 0.15) is 23.5 Å². The highest BCUT2D eigenvalue weighted by Gasteiger charge is 2.40. The molecule has 1 amide bonds. The average molecular weight is 732 g/mol. The number of aromatic nitrogens is 1. The van der Waals surface area contributed by atoms with Gasteiger partial charge in [-0.3, -0.25) is 19.3 Å². The minimum absolute atomic E-state index is 0.00900. The van der Waals surface area contributed by atoms with Gasteiger partial charge in [-0.15, -0.1) is 6.42 Å². The van der Waals surface area contributed by atoms with Crippen molar-refractivity contribution >= 4 is 11.9 Å². The summed E-state index contributed by atoms with van der Waals surface area (Å²) in [5.74, 6) is -3.99. The van der Waals surface area contributed by atoms with E-state index in [0.29, 0.717) is 19.2 Å². The van der Waals surface area contributed by atoms with Gasteiger partial charge in [0.15, 0.2) is 0 Å². The van der Waals surface area contributed by atoms with Crippen molar-refractivity contribution < 1.29 is 45.8 Å². The number of aliphatic carboxylic acids is 1. The summed E-state index contributed by atoms with van der Waals surface area (Å²) < 4.78 is 95.6. The zero-order valence-corrected chi connectivity index (χ0v) is 29.0. The predicted molar refractivity (Wildman–Crippen MR) is 180 cm³/mol. The maximum atomic E-state index is 16.5. The molecule has 2 bridgehead atoms. The highest BCUT2D eigenvalue weighted by atomic mass is 19.4. The van der Waals surface area contributed by atoms with Crippen LogP contribution in [0.25, 0.3) is 11.1 Å². The minimum atomic E-state index is -4.88. The van der Waals surface area contributed by atoms with E-state index in [9.17, 15) is 37.1 Å². The van der Waals surface area contributed by atoms with E-state index in [0.717, 1.165) is 35.4 Å². The number of carboxylic acid groups (broad SMARTS) is 1. The second-order valence-corrected chi connectivity index (χ2v) is 13.9. The number of likely N-dealkylation sites (tertiary alicyclic amines) is 1. The summed E-state index contributed by atoms with van der Waals surface area (Å²) in [6.07, 6.45) is 1.22. The first-order valence-corrected chi connectivity index (χ1v) is 16.8. The van der Waals surface area contributed by atoms with Gasteiger partial charge in [-0.1, -0.05) is 19.8 Å². The number of benzene rings is 2. The van der Waals surface area contributed by atoms with Gasteiger partial charge in [0.2, 0.25) is 5.91 Å². The maximum Gasteiger partial charge on any atom is 0.416 e. The average Bonchev–Trinajstić information content (AvgIpc) is 3.66. The summed E-state index contributed by atoms with van der Waals surface area (Å²) in [6.45, 7) is 7.67. The van der Waals surface area contributed by atoms with Gasteiger partial charge in [-0.05, 0) is 79.5 Å². The van der Waals surface area contributed by atoms with Crippen LogP contribution in [0.1, 0.15) is 78.6 Å². The Morgan fingerprint density at radius 2 is 1.77 bits per heavy atom. The number of ether oxygens (including phenoxy) is 1. The van der Waals surface area contributed by atoms with Crippen molar-refractivity contribution in [3.63, 3.8) is 0 Å². The van der Waals surface area contributed by atoms with Gasteiger partial charge in [0, 0.05) is 42.5 Å². The first-order chi connectivity index (χ1) is 24.4. The molecule has 8 nitrogen and oxygen atoms in total. The Bertz CT molecular complexity index is 1960. The van der Waals surface area contributed by atoms with Crippen molar-refractivity contribution in [2.24, 2.45) is 5.92 Å². The number of carboxylic acids is 1. The molecule has 14 heteroatoms. The standard InChI is InChI=1S/C38H39F6N3O5/c1-6-22-12-27(33-20(4)10-24(39)11-21(33)5)36(41)34(35(22)40)29(15-32(49)50)45-37(51)30(9-19(2)3)47-16-23(28(14-31(47)48)38(42,43)44)7-8-46-17-26-13-25(46)18-52-26/h1,10-12,14,16,19,25-26,29-30H,7-9,13,15,17-18H2,2-5H3,(H,45,51)(H,49,50)/t25-,26-,29+,30-/m0/s1. The lowest BCUT2D eigenvalue weighted by molar-refractivity contribution is -0.139. The number of hydrogen-bond donors (Lipinski definition) is 2. The Hall–Kier alpha value is -4.61. The molecule has 5 rings (SSSR count). The van der Waals surface area contributed by atoms with Gasteiger partial charge < -0.3 is 19.7 Å². The quantitative estimate of drug-likeness (QED) is 0.163. The highest BCUT2D eigenvalue weighted by molar-refractivity contribution is 5.82. The molecule has 0 unspecified atom stereocenters. The third-order valence-electron chi connectivity index (χ3n) is 9.68. The Morgan fingerprint density at radius 1 is 1.10 bits per heavy atom. The summed E-state index contributed by atoms with van der Waals surface area (Å²) in [5.41, 5.74) is -3.39. The molecule has 3 heterocycles. The number of alkyl halides is 3. The number of carbonyl (C=O) groups excluding carboxylic acids is 1. The maximum absolute atomic E-state index is 16.5. The topological polar surface area (TPSA) is 101 Å². The van der Waals surface area contributed by atoms with Gasteiger partial charge in [-0.2, -0.15) is 13.2 Å². The second-order valence-electron chi connectivity index (χ2n) is 13.9. The number of rotatable bonds is 12. The van der Waals surface area contributed by atoms with Crippen molar-refractivity contribution in [2.45, 2.75) is 83.8 Å². The monoisotopic (exact) mass is 731 g/mol.